The number of halogens is 2. The highest BCUT2D eigenvalue weighted by atomic mass is 79.9. The van der Waals surface area contributed by atoms with E-state index in [-0.39, 0.29) is 0 Å². The molecule has 0 bridgehead atoms. The Morgan fingerprint density at radius 1 is 1.35 bits per heavy atom. The molecule has 1 aromatic heterocycles. The molecule has 0 radical (unpaired) electrons. The second-order valence-corrected chi connectivity index (χ2v) is 6.08. The van der Waals surface area contributed by atoms with Crippen LogP contribution in [0.5, 0.6) is 0 Å². The highest BCUT2D eigenvalue weighted by molar-refractivity contribution is 9.10. The lowest BCUT2D eigenvalue weighted by atomic mass is 10.1. The summed E-state index contributed by atoms with van der Waals surface area (Å²) in [6.07, 6.45) is -0.898. The summed E-state index contributed by atoms with van der Waals surface area (Å²) in [5.41, 5.74) is 1.43. The Hall–Kier alpha value is -0.710. The van der Waals surface area contributed by atoms with E-state index in [1.54, 1.807) is 18.2 Å². The van der Waals surface area contributed by atoms with Crippen molar-refractivity contribution in [3.8, 4) is 0 Å². The van der Waals surface area contributed by atoms with Crippen LogP contribution < -0.4 is 0 Å². The molecule has 1 nitrogen and oxygen atoms in total. The molecule has 0 spiro atoms. The molecule has 1 unspecified atom stereocenters. The minimum absolute atomic E-state index is 0.306. The maximum absolute atomic E-state index is 13.8. The van der Waals surface area contributed by atoms with Crippen LogP contribution in [0.3, 0.4) is 0 Å². The van der Waals surface area contributed by atoms with Gasteiger partial charge in [-0.1, -0.05) is 12.1 Å². The molecular weight excluding hydrogens is 303 g/mol. The summed E-state index contributed by atoms with van der Waals surface area (Å²) in [7, 11) is 0. The van der Waals surface area contributed by atoms with Crippen molar-refractivity contribution in [2.75, 3.05) is 0 Å². The first kappa shape index (κ1) is 12.7. The topological polar surface area (TPSA) is 20.2 Å². The van der Waals surface area contributed by atoms with Gasteiger partial charge in [0.1, 0.15) is 11.9 Å². The zero-order chi connectivity index (χ0) is 12.6. The Bertz CT molecular complexity index is 531. The van der Waals surface area contributed by atoms with Gasteiger partial charge in [-0.2, -0.15) is 0 Å². The fourth-order valence-electron chi connectivity index (χ4n) is 1.62. The smallest absolute Gasteiger partial charge is 0.143 e. The van der Waals surface area contributed by atoms with E-state index < -0.39 is 11.9 Å². The van der Waals surface area contributed by atoms with Crippen LogP contribution in [-0.2, 0) is 0 Å². The van der Waals surface area contributed by atoms with Crippen molar-refractivity contribution in [3.63, 3.8) is 0 Å². The van der Waals surface area contributed by atoms with Crippen molar-refractivity contribution in [1.82, 2.24) is 0 Å². The number of hydrogen-bond donors (Lipinski definition) is 1. The zero-order valence-electron chi connectivity index (χ0n) is 9.50. The fourth-order valence-corrected chi connectivity index (χ4v) is 3.05. The Morgan fingerprint density at radius 3 is 2.65 bits per heavy atom. The molecule has 1 N–H and O–H groups in total. The molecule has 4 heteroatoms. The average molecular weight is 315 g/mol. The van der Waals surface area contributed by atoms with E-state index in [9.17, 15) is 9.50 Å². The monoisotopic (exact) mass is 314 g/mol. The van der Waals surface area contributed by atoms with Crippen molar-refractivity contribution in [1.29, 1.82) is 0 Å². The maximum Gasteiger partial charge on any atom is 0.143 e. The van der Waals surface area contributed by atoms with E-state index in [0.29, 0.717) is 10.0 Å². The van der Waals surface area contributed by atoms with Crippen molar-refractivity contribution in [2.45, 2.75) is 20.0 Å². The summed E-state index contributed by atoms with van der Waals surface area (Å²) < 4.78 is 14.2. The van der Waals surface area contributed by atoms with Crippen molar-refractivity contribution < 1.29 is 9.50 Å². The average Bonchev–Trinajstić information content (AvgIpc) is 2.62. The Balaban J connectivity index is 2.43. The van der Waals surface area contributed by atoms with Gasteiger partial charge in [-0.3, -0.25) is 0 Å². The summed E-state index contributed by atoms with van der Waals surface area (Å²) in [6, 6.07) is 6.86. The third-order valence-corrected chi connectivity index (χ3v) is 4.55. The molecule has 1 atom stereocenters. The zero-order valence-corrected chi connectivity index (χ0v) is 11.9. The first-order chi connectivity index (χ1) is 8.00. The number of thiophene rings is 1. The second kappa shape index (κ2) is 4.88. The van der Waals surface area contributed by atoms with Gasteiger partial charge >= 0.3 is 0 Å². The number of aliphatic hydroxyl groups excluding tert-OH is 1. The molecule has 0 aliphatic rings. The van der Waals surface area contributed by atoms with Crippen LogP contribution in [0, 0.1) is 19.7 Å². The summed E-state index contributed by atoms with van der Waals surface area (Å²) >= 11 is 4.62. The van der Waals surface area contributed by atoms with Gasteiger partial charge in [0, 0.05) is 15.3 Å². The second-order valence-electron chi connectivity index (χ2n) is 3.93. The third-order valence-electron chi connectivity index (χ3n) is 2.73. The number of benzene rings is 1. The van der Waals surface area contributed by atoms with E-state index in [2.05, 4.69) is 15.9 Å². The molecule has 0 aliphatic heterocycles. The van der Waals surface area contributed by atoms with Gasteiger partial charge in [0.2, 0.25) is 0 Å². The molecule has 17 heavy (non-hydrogen) atoms. The summed E-state index contributed by atoms with van der Waals surface area (Å²) in [5, 5.41) is 10.2. The van der Waals surface area contributed by atoms with Gasteiger partial charge in [-0.05, 0) is 47.5 Å². The molecule has 2 aromatic rings. The molecular formula is C13H12BrFOS. The Labute approximate surface area is 112 Å². The van der Waals surface area contributed by atoms with Crippen molar-refractivity contribution in [3.05, 3.63) is 55.4 Å². The lowest BCUT2D eigenvalue weighted by Crippen LogP contribution is -2.00. The third kappa shape index (κ3) is 2.44. The van der Waals surface area contributed by atoms with E-state index >= 15 is 0 Å². The predicted octanol–water partition coefficient (Wildman–Crippen LogP) is 4.35. The van der Waals surface area contributed by atoms with Crippen LogP contribution in [0.15, 0.2) is 28.7 Å². The van der Waals surface area contributed by atoms with Gasteiger partial charge in [0.25, 0.3) is 0 Å². The minimum atomic E-state index is -0.898. The first-order valence-corrected chi connectivity index (χ1v) is 6.80. The summed E-state index contributed by atoms with van der Waals surface area (Å²) in [6.45, 7) is 3.98. The van der Waals surface area contributed by atoms with Crippen LogP contribution in [-0.4, -0.2) is 5.11 Å². The Kier molecular flexibility index (Phi) is 3.66. The lowest BCUT2D eigenvalue weighted by Gasteiger charge is -2.10. The van der Waals surface area contributed by atoms with Gasteiger partial charge in [-0.15, -0.1) is 11.3 Å². The normalized spacial score (nSPS) is 12.8. The molecule has 0 saturated carbocycles. The van der Waals surface area contributed by atoms with Crippen LogP contribution in [0.25, 0.3) is 0 Å². The van der Waals surface area contributed by atoms with Gasteiger partial charge in [0.15, 0.2) is 0 Å². The molecule has 2 rings (SSSR count). The van der Waals surface area contributed by atoms with Crippen LogP contribution >= 0.6 is 27.3 Å². The van der Waals surface area contributed by atoms with Crippen LogP contribution in [0.1, 0.15) is 27.0 Å². The number of hydrogen-bond acceptors (Lipinski definition) is 2. The summed E-state index contributed by atoms with van der Waals surface area (Å²) in [4.78, 5) is 1.92. The minimum Gasteiger partial charge on any atom is -0.383 e. The number of aryl methyl sites for hydroxylation is 2. The highest BCUT2D eigenvalue weighted by Crippen LogP contribution is 2.33. The van der Waals surface area contributed by atoms with Crippen molar-refractivity contribution in [2.24, 2.45) is 0 Å². The Morgan fingerprint density at radius 2 is 2.06 bits per heavy atom. The molecule has 0 fully saturated rings. The molecule has 1 aromatic carbocycles. The first-order valence-electron chi connectivity index (χ1n) is 5.19. The molecule has 0 saturated heterocycles. The van der Waals surface area contributed by atoms with E-state index in [1.807, 2.05) is 19.9 Å². The number of aliphatic hydroxyl groups is 1. The van der Waals surface area contributed by atoms with E-state index in [0.717, 1.165) is 15.3 Å². The molecule has 1 heterocycles. The largest absolute Gasteiger partial charge is 0.383 e. The predicted molar refractivity (Wildman–Crippen MR) is 72.0 cm³/mol. The quantitative estimate of drug-likeness (QED) is 0.873. The summed E-state index contributed by atoms with van der Waals surface area (Å²) in [5.74, 6) is -0.399. The lowest BCUT2D eigenvalue weighted by molar-refractivity contribution is 0.218. The van der Waals surface area contributed by atoms with Gasteiger partial charge in [0.05, 0.1) is 4.47 Å². The molecule has 0 aliphatic carbocycles. The number of rotatable bonds is 2. The van der Waals surface area contributed by atoms with Crippen LogP contribution in [0.4, 0.5) is 4.39 Å². The molecule has 0 amide bonds. The standard InChI is InChI=1S/C13H12BrFOS/c1-7-6-11(17-8(7)2)13(16)9-4-3-5-10(14)12(9)15/h3-6,13,16H,1-2H3. The maximum atomic E-state index is 13.8. The van der Waals surface area contributed by atoms with Gasteiger partial charge < -0.3 is 5.11 Å². The highest BCUT2D eigenvalue weighted by Gasteiger charge is 2.18. The van der Waals surface area contributed by atoms with E-state index in [1.165, 1.54) is 11.3 Å². The molecule has 90 valence electrons. The van der Waals surface area contributed by atoms with E-state index in [4.69, 9.17) is 0 Å². The van der Waals surface area contributed by atoms with Crippen molar-refractivity contribution >= 4 is 27.3 Å². The SMILES string of the molecule is Cc1cc(C(O)c2cccc(Br)c2F)sc1C. The van der Waals surface area contributed by atoms with Gasteiger partial charge in [-0.25, -0.2) is 4.39 Å². The van der Waals surface area contributed by atoms with Crippen LogP contribution in [0.2, 0.25) is 0 Å². The fraction of sp³-hybridized carbons (Fsp3) is 0.231.